The summed E-state index contributed by atoms with van der Waals surface area (Å²) in [5, 5.41) is 6.00. The topological polar surface area (TPSA) is 109 Å². The molecule has 1 saturated carbocycles. The minimum Gasteiger partial charge on any atom is -0.353 e. The first-order valence-corrected chi connectivity index (χ1v) is 10.2. The van der Waals surface area contributed by atoms with Gasteiger partial charge in [-0.15, -0.1) is 11.8 Å². The molecular weight excluding hydrogens is 398 g/mol. The minimum atomic E-state index is -2.74. The average Bonchev–Trinajstić information content (AvgIpc) is 3.49. The number of anilines is 3. The molecule has 0 aliphatic heterocycles. The lowest BCUT2D eigenvalue weighted by molar-refractivity contribution is -0.117. The SMILES string of the molecule is CN.CSc1ccccc1Nc1cc(NC(=O)C2CC2)nc2nc(C(F)F)[nH]c12. The van der Waals surface area contributed by atoms with Gasteiger partial charge in [-0.05, 0) is 38.3 Å². The van der Waals surface area contributed by atoms with Crippen molar-refractivity contribution in [3.63, 3.8) is 0 Å². The monoisotopic (exact) mass is 420 g/mol. The van der Waals surface area contributed by atoms with Crippen LogP contribution in [0.5, 0.6) is 0 Å². The molecule has 0 saturated heterocycles. The second kappa shape index (κ2) is 9.19. The summed E-state index contributed by atoms with van der Waals surface area (Å²) in [6, 6.07) is 9.29. The fourth-order valence-corrected chi connectivity index (χ4v) is 3.29. The lowest BCUT2D eigenvalue weighted by Crippen LogP contribution is -2.14. The lowest BCUT2D eigenvalue weighted by Gasteiger charge is -2.12. The van der Waals surface area contributed by atoms with Crippen LogP contribution in [0.4, 0.5) is 26.0 Å². The quantitative estimate of drug-likeness (QED) is 0.443. The van der Waals surface area contributed by atoms with Gasteiger partial charge >= 0.3 is 0 Å². The molecule has 0 bridgehead atoms. The predicted octanol–water partition coefficient (Wildman–Crippen LogP) is 4.28. The largest absolute Gasteiger partial charge is 0.353 e. The summed E-state index contributed by atoms with van der Waals surface area (Å²) in [4.78, 5) is 23.8. The molecule has 1 aliphatic rings. The predicted molar refractivity (Wildman–Crippen MR) is 112 cm³/mol. The number of para-hydroxylation sites is 1. The zero-order valence-electron chi connectivity index (χ0n) is 16.0. The first-order valence-electron chi connectivity index (χ1n) is 9.02. The molecule has 2 aromatic heterocycles. The fraction of sp³-hybridized carbons (Fsp3) is 0.316. The maximum Gasteiger partial charge on any atom is 0.295 e. The van der Waals surface area contributed by atoms with Gasteiger partial charge in [0.1, 0.15) is 11.3 Å². The van der Waals surface area contributed by atoms with Crippen molar-refractivity contribution in [3.05, 3.63) is 36.2 Å². The van der Waals surface area contributed by atoms with Gasteiger partial charge in [0.25, 0.3) is 6.43 Å². The number of thioether (sulfide) groups is 1. The third-order valence-corrected chi connectivity index (χ3v) is 5.06. The van der Waals surface area contributed by atoms with Crippen molar-refractivity contribution in [2.75, 3.05) is 23.9 Å². The number of H-pyrrole nitrogens is 1. The van der Waals surface area contributed by atoms with Crippen molar-refractivity contribution in [2.45, 2.75) is 24.2 Å². The second-order valence-electron chi connectivity index (χ2n) is 6.27. The van der Waals surface area contributed by atoms with Gasteiger partial charge in [-0.2, -0.15) is 0 Å². The van der Waals surface area contributed by atoms with Gasteiger partial charge in [0.2, 0.25) is 5.91 Å². The average molecular weight is 420 g/mol. The van der Waals surface area contributed by atoms with Crippen LogP contribution in [0.25, 0.3) is 11.2 Å². The van der Waals surface area contributed by atoms with E-state index in [9.17, 15) is 13.6 Å². The maximum atomic E-state index is 13.1. The highest BCUT2D eigenvalue weighted by Gasteiger charge is 2.30. The van der Waals surface area contributed by atoms with E-state index in [-0.39, 0.29) is 23.3 Å². The molecule has 154 valence electrons. The van der Waals surface area contributed by atoms with Crippen LogP contribution in [0.15, 0.2) is 35.2 Å². The number of aromatic amines is 1. The van der Waals surface area contributed by atoms with Gasteiger partial charge in [0, 0.05) is 16.9 Å². The molecule has 5 N–H and O–H groups in total. The Balaban J connectivity index is 0.00000117. The number of benzene rings is 1. The second-order valence-corrected chi connectivity index (χ2v) is 7.11. The number of nitrogens with two attached hydrogens (primary N) is 1. The standard InChI is InChI=1S/C18H17F2N5OS.CH5N/c1-27-12-5-3-2-4-10(12)21-11-8-13(23-18(26)9-6-7-9)22-16-14(11)24-17(25-16)15(19)20;1-2/h2-5,8-9,15H,6-7H2,1H3,(H3,21,22,23,24,25,26);2H2,1H3. The number of hydrogen-bond donors (Lipinski definition) is 4. The Morgan fingerprint density at radius 2 is 1.97 bits per heavy atom. The number of nitrogens with zero attached hydrogens (tertiary/aromatic N) is 2. The van der Waals surface area contributed by atoms with Crippen molar-refractivity contribution < 1.29 is 13.6 Å². The normalized spacial score (nSPS) is 13.2. The smallest absolute Gasteiger partial charge is 0.295 e. The van der Waals surface area contributed by atoms with Gasteiger partial charge in [-0.1, -0.05) is 12.1 Å². The number of fused-ring (bicyclic) bond motifs is 1. The van der Waals surface area contributed by atoms with E-state index in [1.807, 2.05) is 30.5 Å². The van der Waals surface area contributed by atoms with Crippen LogP contribution < -0.4 is 16.4 Å². The molecule has 29 heavy (non-hydrogen) atoms. The Morgan fingerprint density at radius 3 is 2.62 bits per heavy atom. The summed E-state index contributed by atoms with van der Waals surface area (Å²) in [5.74, 6) is -0.269. The Bertz CT molecular complexity index is 1010. The first-order chi connectivity index (χ1) is 14.0. The Morgan fingerprint density at radius 1 is 1.24 bits per heavy atom. The van der Waals surface area contributed by atoms with E-state index in [1.165, 1.54) is 7.05 Å². The number of nitrogens with one attached hydrogen (secondary N) is 3. The molecule has 2 heterocycles. The maximum absolute atomic E-state index is 13.1. The van der Waals surface area contributed by atoms with E-state index in [0.717, 1.165) is 23.4 Å². The number of imidazole rings is 1. The summed E-state index contributed by atoms with van der Waals surface area (Å²) >= 11 is 1.56. The van der Waals surface area contributed by atoms with Crippen LogP contribution in [-0.2, 0) is 4.79 Å². The molecule has 0 radical (unpaired) electrons. The van der Waals surface area contributed by atoms with Gasteiger partial charge in [-0.3, -0.25) is 4.79 Å². The number of carbonyl (C=O) groups excluding carboxylic acids is 1. The van der Waals surface area contributed by atoms with Crippen LogP contribution in [0.3, 0.4) is 0 Å². The highest BCUT2D eigenvalue weighted by Crippen LogP contribution is 2.34. The minimum absolute atomic E-state index is 0.00642. The molecule has 0 spiro atoms. The Hall–Kier alpha value is -2.72. The molecule has 1 aliphatic carbocycles. The zero-order valence-corrected chi connectivity index (χ0v) is 16.8. The van der Waals surface area contributed by atoms with Gasteiger partial charge in [0.15, 0.2) is 11.5 Å². The first kappa shape index (κ1) is 21.0. The summed E-state index contributed by atoms with van der Waals surface area (Å²) in [5.41, 5.74) is 6.34. The van der Waals surface area contributed by atoms with E-state index in [0.29, 0.717) is 11.2 Å². The highest BCUT2D eigenvalue weighted by molar-refractivity contribution is 7.98. The van der Waals surface area contributed by atoms with Gasteiger partial charge in [-0.25, -0.2) is 18.7 Å². The van der Waals surface area contributed by atoms with Crippen molar-refractivity contribution in [1.29, 1.82) is 0 Å². The number of hydrogen-bond acceptors (Lipinski definition) is 6. The third-order valence-electron chi connectivity index (χ3n) is 4.26. The van der Waals surface area contributed by atoms with Crippen LogP contribution in [-0.4, -0.2) is 34.2 Å². The fourth-order valence-electron chi connectivity index (χ4n) is 2.74. The Kier molecular flexibility index (Phi) is 6.65. The molecule has 0 unspecified atom stereocenters. The summed E-state index contributed by atoms with van der Waals surface area (Å²) in [6.07, 6.45) is 0.931. The van der Waals surface area contributed by atoms with E-state index in [4.69, 9.17) is 0 Å². The highest BCUT2D eigenvalue weighted by atomic mass is 32.2. The molecule has 1 amide bonds. The van der Waals surface area contributed by atoms with Crippen molar-refractivity contribution >= 4 is 46.0 Å². The Labute approximate surface area is 170 Å². The number of alkyl halides is 2. The van der Waals surface area contributed by atoms with E-state index >= 15 is 0 Å². The molecule has 10 heteroatoms. The lowest BCUT2D eigenvalue weighted by atomic mass is 10.2. The number of aromatic nitrogens is 3. The molecule has 1 aromatic carbocycles. The van der Waals surface area contributed by atoms with E-state index in [2.05, 4.69) is 31.3 Å². The van der Waals surface area contributed by atoms with Crippen LogP contribution in [0.2, 0.25) is 0 Å². The molecule has 7 nitrogen and oxygen atoms in total. The molecular formula is C19H22F2N6OS. The molecule has 3 aromatic rings. The summed E-state index contributed by atoms with van der Waals surface area (Å²) < 4.78 is 26.2. The number of rotatable bonds is 6. The third kappa shape index (κ3) is 4.83. The molecule has 4 rings (SSSR count). The summed E-state index contributed by atoms with van der Waals surface area (Å²) in [6.45, 7) is 0. The van der Waals surface area contributed by atoms with Gasteiger partial charge in [0.05, 0.1) is 11.4 Å². The van der Waals surface area contributed by atoms with Crippen LogP contribution >= 0.6 is 11.8 Å². The van der Waals surface area contributed by atoms with Crippen molar-refractivity contribution in [2.24, 2.45) is 11.7 Å². The van der Waals surface area contributed by atoms with Crippen molar-refractivity contribution in [3.8, 4) is 0 Å². The van der Waals surface area contributed by atoms with E-state index in [1.54, 1.807) is 17.8 Å². The number of pyridine rings is 1. The van der Waals surface area contributed by atoms with Crippen LogP contribution in [0, 0.1) is 5.92 Å². The molecule has 0 atom stereocenters. The van der Waals surface area contributed by atoms with Crippen molar-refractivity contribution in [1.82, 2.24) is 15.0 Å². The zero-order chi connectivity index (χ0) is 21.0. The number of amides is 1. The number of carbonyl (C=O) groups is 1. The van der Waals surface area contributed by atoms with Crippen LogP contribution in [0.1, 0.15) is 25.1 Å². The number of halogens is 2. The van der Waals surface area contributed by atoms with Gasteiger partial charge < -0.3 is 21.4 Å². The molecule has 1 fully saturated rings. The summed E-state index contributed by atoms with van der Waals surface area (Å²) in [7, 11) is 1.50. The van der Waals surface area contributed by atoms with E-state index < -0.39 is 12.2 Å².